The van der Waals surface area contributed by atoms with Crippen LogP contribution in [0.5, 0.6) is 11.5 Å². The van der Waals surface area contributed by atoms with E-state index in [1.54, 1.807) is 14.0 Å². The number of methoxy groups -OCH3 is 1. The summed E-state index contributed by atoms with van der Waals surface area (Å²) >= 11 is 0. The molecule has 2 atom stereocenters. The first-order valence-electron chi connectivity index (χ1n) is 12.4. The van der Waals surface area contributed by atoms with Crippen molar-refractivity contribution in [3.05, 3.63) is 47.0 Å². The van der Waals surface area contributed by atoms with Gasteiger partial charge in [-0.15, -0.1) is 0 Å². The maximum Gasteiger partial charge on any atom is 0.223 e. The van der Waals surface area contributed by atoms with E-state index in [1.807, 2.05) is 11.0 Å². The Morgan fingerprint density at radius 2 is 2.12 bits per heavy atom. The molecule has 2 aromatic carbocycles. The van der Waals surface area contributed by atoms with Gasteiger partial charge in [-0.1, -0.05) is 18.2 Å². The molecular formula is C27H33N3O3. The molecule has 6 rings (SSSR count). The van der Waals surface area contributed by atoms with Crippen LogP contribution in [-0.4, -0.2) is 63.3 Å². The molecule has 0 bridgehead atoms. The van der Waals surface area contributed by atoms with Gasteiger partial charge in [0.1, 0.15) is 11.5 Å². The van der Waals surface area contributed by atoms with Crippen molar-refractivity contribution in [3.8, 4) is 11.5 Å². The number of para-hydroxylation sites is 1. The zero-order valence-electron chi connectivity index (χ0n) is 19.7. The van der Waals surface area contributed by atoms with Crippen LogP contribution < -0.4 is 19.3 Å². The Hall–Kier alpha value is -2.73. The van der Waals surface area contributed by atoms with Crippen LogP contribution in [0.25, 0.3) is 0 Å². The highest BCUT2D eigenvalue weighted by Crippen LogP contribution is 2.52. The van der Waals surface area contributed by atoms with Crippen LogP contribution in [0.4, 0.5) is 11.4 Å². The molecule has 1 amide bonds. The molecule has 4 heterocycles. The highest BCUT2D eigenvalue weighted by Gasteiger charge is 2.45. The summed E-state index contributed by atoms with van der Waals surface area (Å²) in [6, 6.07) is 11.4. The Balaban J connectivity index is 1.19. The molecule has 0 spiro atoms. The smallest absolute Gasteiger partial charge is 0.223 e. The minimum absolute atomic E-state index is 0.109. The summed E-state index contributed by atoms with van der Waals surface area (Å²) in [6.07, 6.45) is 4.43. The molecule has 0 aromatic heterocycles. The van der Waals surface area contributed by atoms with Crippen molar-refractivity contribution in [2.75, 3.05) is 56.2 Å². The van der Waals surface area contributed by atoms with Crippen LogP contribution in [0, 0.1) is 0 Å². The van der Waals surface area contributed by atoms with Gasteiger partial charge < -0.3 is 24.2 Å². The minimum atomic E-state index is 0.109. The van der Waals surface area contributed by atoms with Crippen LogP contribution in [0.1, 0.15) is 42.4 Å². The summed E-state index contributed by atoms with van der Waals surface area (Å²) in [5, 5.41) is 0. The van der Waals surface area contributed by atoms with Gasteiger partial charge in [-0.3, -0.25) is 4.79 Å². The highest BCUT2D eigenvalue weighted by molar-refractivity contribution is 5.98. The van der Waals surface area contributed by atoms with E-state index < -0.39 is 0 Å². The van der Waals surface area contributed by atoms with Crippen molar-refractivity contribution < 1.29 is 14.3 Å². The molecule has 4 aliphatic heterocycles. The number of fused-ring (bicyclic) bond motifs is 4. The van der Waals surface area contributed by atoms with Gasteiger partial charge >= 0.3 is 0 Å². The Morgan fingerprint density at radius 3 is 2.97 bits per heavy atom. The highest BCUT2D eigenvalue weighted by atomic mass is 16.5. The van der Waals surface area contributed by atoms with Crippen LogP contribution in [0.2, 0.25) is 0 Å². The standard InChI is InChI=1S/C27H33N3O3/c1-18(31)29-12-13-30-24-8-11-28(10-4-7-19-5-3-6-20-9-14-33-27(19)20)17-23(24)22-15-21(32-2)16-25(29)26(22)30/h3,5-6,15-16,23-24H,4,7-14,17H2,1-2H3/t23-,24-/m0/s1. The van der Waals surface area contributed by atoms with Gasteiger partial charge in [0.2, 0.25) is 5.91 Å². The van der Waals surface area contributed by atoms with Gasteiger partial charge in [0, 0.05) is 57.5 Å². The van der Waals surface area contributed by atoms with Gasteiger partial charge in [-0.25, -0.2) is 0 Å². The Morgan fingerprint density at radius 1 is 1.21 bits per heavy atom. The summed E-state index contributed by atoms with van der Waals surface area (Å²) in [5.41, 5.74) is 6.39. The lowest BCUT2D eigenvalue weighted by Crippen LogP contribution is -2.50. The second-order valence-electron chi connectivity index (χ2n) is 9.82. The quantitative estimate of drug-likeness (QED) is 0.701. The average Bonchev–Trinajstić information content (AvgIpc) is 3.43. The number of ether oxygens (including phenoxy) is 2. The van der Waals surface area contributed by atoms with Crippen molar-refractivity contribution in [2.24, 2.45) is 0 Å². The average molecular weight is 448 g/mol. The normalized spacial score (nSPS) is 23.1. The molecule has 0 N–H and O–H groups in total. The van der Waals surface area contributed by atoms with Crippen LogP contribution in [-0.2, 0) is 17.6 Å². The van der Waals surface area contributed by atoms with Crippen molar-refractivity contribution in [1.82, 2.24) is 4.90 Å². The molecule has 1 saturated heterocycles. The summed E-state index contributed by atoms with van der Waals surface area (Å²) in [6.45, 7) is 7.49. The van der Waals surface area contributed by atoms with Gasteiger partial charge in [0.15, 0.2) is 0 Å². The monoisotopic (exact) mass is 447 g/mol. The summed E-state index contributed by atoms with van der Waals surface area (Å²) in [4.78, 5) is 19.5. The predicted octanol–water partition coefficient (Wildman–Crippen LogP) is 3.61. The maximum absolute atomic E-state index is 12.3. The number of hydrogen-bond donors (Lipinski definition) is 0. The van der Waals surface area contributed by atoms with Gasteiger partial charge in [-0.2, -0.15) is 0 Å². The molecule has 174 valence electrons. The number of anilines is 2. The third-order valence-electron chi connectivity index (χ3n) is 8.03. The summed E-state index contributed by atoms with van der Waals surface area (Å²) in [7, 11) is 1.72. The van der Waals surface area contributed by atoms with E-state index in [4.69, 9.17) is 9.47 Å². The molecule has 2 aromatic rings. The Kier molecular flexibility index (Phi) is 5.21. The number of likely N-dealkylation sites (tertiary alicyclic amines) is 1. The maximum atomic E-state index is 12.3. The first-order chi connectivity index (χ1) is 16.1. The molecular weight excluding hydrogens is 414 g/mol. The molecule has 6 heteroatoms. The number of benzene rings is 2. The lowest BCUT2D eigenvalue weighted by atomic mass is 9.88. The van der Waals surface area contributed by atoms with Crippen molar-refractivity contribution >= 4 is 17.3 Å². The minimum Gasteiger partial charge on any atom is -0.497 e. The fraction of sp³-hybridized carbons (Fsp3) is 0.519. The van der Waals surface area contributed by atoms with Crippen molar-refractivity contribution in [1.29, 1.82) is 0 Å². The summed E-state index contributed by atoms with van der Waals surface area (Å²) in [5.74, 6) is 2.58. The predicted molar refractivity (Wildman–Crippen MR) is 130 cm³/mol. The van der Waals surface area contributed by atoms with Gasteiger partial charge in [0.25, 0.3) is 0 Å². The molecule has 1 fully saturated rings. The lowest BCUT2D eigenvalue weighted by Gasteiger charge is -2.41. The van der Waals surface area contributed by atoms with E-state index in [-0.39, 0.29) is 5.91 Å². The van der Waals surface area contributed by atoms with E-state index in [1.165, 1.54) is 28.8 Å². The Bertz CT molecular complexity index is 1080. The Labute approximate surface area is 196 Å². The van der Waals surface area contributed by atoms with Crippen LogP contribution >= 0.6 is 0 Å². The molecule has 0 saturated carbocycles. The van der Waals surface area contributed by atoms with Crippen LogP contribution in [0.15, 0.2) is 30.3 Å². The van der Waals surface area contributed by atoms with Gasteiger partial charge in [0.05, 0.1) is 25.1 Å². The van der Waals surface area contributed by atoms with E-state index in [0.717, 1.165) is 75.8 Å². The second kappa shape index (κ2) is 8.24. The number of hydrogen-bond acceptors (Lipinski definition) is 5. The fourth-order valence-electron chi connectivity index (χ4n) is 6.49. The van der Waals surface area contributed by atoms with E-state index in [9.17, 15) is 4.79 Å². The van der Waals surface area contributed by atoms with Gasteiger partial charge in [-0.05, 0) is 48.6 Å². The molecule has 4 aliphatic rings. The molecule has 0 unspecified atom stereocenters. The molecule has 6 nitrogen and oxygen atoms in total. The number of rotatable bonds is 5. The second-order valence-corrected chi connectivity index (χ2v) is 9.82. The van der Waals surface area contributed by atoms with Crippen molar-refractivity contribution in [2.45, 2.75) is 44.6 Å². The number of carbonyl (C=O) groups is 1. The number of aryl methyl sites for hydroxylation is 1. The number of piperidine rings is 1. The third-order valence-corrected chi connectivity index (χ3v) is 8.03. The largest absolute Gasteiger partial charge is 0.497 e. The molecule has 0 aliphatic carbocycles. The third kappa shape index (κ3) is 3.46. The number of carbonyl (C=O) groups excluding carboxylic acids is 1. The van der Waals surface area contributed by atoms with E-state index in [2.05, 4.69) is 34.1 Å². The van der Waals surface area contributed by atoms with E-state index >= 15 is 0 Å². The molecule has 0 radical (unpaired) electrons. The topological polar surface area (TPSA) is 45.2 Å². The molecule has 33 heavy (non-hydrogen) atoms. The first kappa shape index (κ1) is 20.8. The van der Waals surface area contributed by atoms with E-state index in [0.29, 0.717) is 12.0 Å². The fourth-order valence-corrected chi connectivity index (χ4v) is 6.49. The lowest BCUT2D eigenvalue weighted by molar-refractivity contribution is -0.116. The first-order valence-corrected chi connectivity index (χ1v) is 12.4. The SMILES string of the molecule is COc1cc2c3c(c1)N(C(C)=O)CCN3[C@H]1CCN(CCCc3cccc4c3OCC4)C[C@@H]21. The number of nitrogens with zero attached hydrogens (tertiary/aromatic N) is 3. The van der Waals surface area contributed by atoms with Crippen molar-refractivity contribution in [3.63, 3.8) is 0 Å². The zero-order valence-corrected chi connectivity index (χ0v) is 19.7. The summed E-state index contributed by atoms with van der Waals surface area (Å²) < 4.78 is 11.5. The number of amides is 1. The van der Waals surface area contributed by atoms with Crippen LogP contribution in [0.3, 0.4) is 0 Å². The zero-order chi connectivity index (χ0) is 22.5.